The van der Waals surface area contributed by atoms with Crippen molar-refractivity contribution in [2.45, 2.75) is 31.1 Å². The quantitative estimate of drug-likeness (QED) is 0.886. The molecule has 0 unspecified atom stereocenters. The van der Waals surface area contributed by atoms with E-state index in [9.17, 15) is 15.0 Å². The Morgan fingerprint density at radius 1 is 1.39 bits per heavy atom. The number of rotatable bonds is 3. The summed E-state index contributed by atoms with van der Waals surface area (Å²) >= 11 is 5.82. The highest BCUT2D eigenvalue weighted by Crippen LogP contribution is 2.49. The fraction of sp³-hybridized carbons (Fsp3) is 0.462. The van der Waals surface area contributed by atoms with E-state index < -0.39 is 11.4 Å². The zero-order valence-corrected chi connectivity index (χ0v) is 10.8. The number of carboxylic acid groups (broad SMARTS) is 1. The van der Waals surface area contributed by atoms with Crippen molar-refractivity contribution in [2.75, 3.05) is 7.11 Å². The second-order valence-corrected chi connectivity index (χ2v) is 4.98. The van der Waals surface area contributed by atoms with Crippen molar-refractivity contribution in [3.05, 3.63) is 22.7 Å². The number of hydrogen-bond acceptors (Lipinski definition) is 3. The van der Waals surface area contributed by atoms with E-state index in [2.05, 4.69) is 0 Å². The molecule has 2 N–H and O–H groups in total. The molecule has 0 atom stereocenters. The van der Waals surface area contributed by atoms with Gasteiger partial charge in [0.2, 0.25) is 0 Å². The number of benzene rings is 1. The Hall–Kier alpha value is -1.42. The predicted molar refractivity (Wildman–Crippen MR) is 67.5 cm³/mol. The predicted octanol–water partition coefficient (Wildman–Crippen LogP) is 2.95. The third kappa shape index (κ3) is 1.81. The van der Waals surface area contributed by atoms with Crippen LogP contribution in [-0.4, -0.2) is 23.3 Å². The number of aliphatic carboxylic acids is 1. The van der Waals surface area contributed by atoms with E-state index in [-0.39, 0.29) is 16.5 Å². The zero-order valence-electron chi connectivity index (χ0n) is 10.1. The van der Waals surface area contributed by atoms with Gasteiger partial charge in [0.25, 0.3) is 0 Å². The molecule has 1 aliphatic carbocycles. The monoisotopic (exact) mass is 270 g/mol. The molecule has 0 aliphatic heterocycles. The van der Waals surface area contributed by atoms with Crippen molar-refractivity contribution in [3.63, 3.8) is 0 Å². The highest BCUT2D eigenvalue weighted by atomic mass is 35.5. The van der Waals surface area contributed by atoms with Crippen molar-refractivity contribution in [1.82, 2.24) is 0 Å². The van der Waals surface area contributed by atoms with Gasteiger partial charge in [-0.3, -0.25) is 4.79 Å². The normalized spacial score (nSPS) is 17.7. The van der Waals surface area contributed by atoms with Crippen LogP contribution in [0.2, 0.25) is 5.02 Å². The smallest absolute Gasteiger partial charge is 0.314 e. The van der Waals surface area contributed by atoms with E-state index in [1.165, 1.54) is 13.2 Å². The lowest BCUT2D eigenvalue weighted by Gasteiger charge is -2.26. The van der Waals surface area contributed by atoms with Gasteiger partial charge >= 0.3 is 5.97 Å². The van der Waals surface area contributed by atoms with Crippen molar-refractivity contribution in [1.29, 1.82) is 0 Å². The maximum absolute atomic E-state index is 11.6. The minimum atomic E-state index is -0.965. The number of methoxy groups -OCH3 is 1. The lowest BCUT2D eigenvalue weighted by molar-refractivity contribution is -0.143. The SMILES string of the molecule is COc1c(C2(C(=O)O)CCCC2)ccc(Cl)c1O. The average molecular weight is 271 g/mol. The summed E-state index contributed by atoms with van der Waals surface area (Å²) in [5.41, 5.74) is -0.454. The molecule has 1 aromatic rings. The van der Waals surface area contributed by atoms with Gasteiger partial charge in [0, 0.05) is 5.56 Å². The molecule has 2 rings (SSSR count). The first kappa shape index (κ1) is 13.0. The fourth-order valence-electron chi connectivity index (χ4n) is 2.71. The van der Waals surface area contributed by atoms with Gasteiger partial charge < -0.3 is 14.9 Å². The molecule has 0 aromatic heterocycles. The Morgan fingerprint density at radius 3 is 2.50 bits per heavy atom. The number of hydrogen-bond donors (Lipinski definition) is 2. The zero-order chi connectivity index (χ0) is 13.3. The number of aromatic hydroxyl groups is 1. The molecule has 4 nitrogen and oxygen atoms in total. The minimum absolute atomic E-state index is 0.161. The molecule has 5 heteroatoms. The minimum Gasteiger partial charge on any atom is -0.503 e. The number of carbonyl (C=O) groups is 1. The highest BCUT2D eigenvalue weighted by Gasteiger charge is 2.45. The number of ether oxygens (including phenoxy) is 1. The van der Waals surface area contributed by atoms with Crippen LogP contribution in [0, 0.1) is 0 Å². The van der Waals surface area contributed by atoms with E-state index in [1.807, 2.05) is 0 Å². The summed E-state index contributed by atoms with van der Waals surface area (Å²) in [6.07, 6.45) is 2.83. The van der Waals surface area contributed by atoms with Gasteiger partial charge in [-0.25, -0.2) is 0 Å². The molecule has 1 aromatic carbocycles. The average Bonchev–Trinajstić information content (AvgIpc) is 2.82. The van der Waals surface area contributed by atoms with Crippen LogP contribution < -0.4 is 4.74 Å². The van der Waals surface area contributed by atoms with Crippen LogP contribution in [0.15, 0.2) is 12.1 Å². The largest absolute Gasteiger partial charge is 0.503 e. The summed E-state index contributed by atoms with van der Waals surface area (Å²) in [5, 5.41) is 19.6. The first-order valence-corrected chi connectivity index (χ1v) is 6.20. The topological polar surface area (TPSA) is 66.8 Å². The Bertz CT molecular complexity index is 478. The summed E-state index contributed by atoms with van der Waals surface area (Å²) in [7, 11) is 1.40. The summed E-state index contributed by atoms with van der Waals surface area (Å²) in [5.74, 6) is -0.893. The molecule has 0 bridgehead atoms. The van der Waals surface area contributed by atoms with Gasteiger partial charge in [-0.15, -0.1) is 0 Å². The summed E-state index contributed by atoms with van der Waals surface area (Å²) in [4.78, 5) is 11.6. The van der Waals surface area contributed by atoms with E-state index in [1.54, 1.807) is 6.07 Å². The highest BCUT2D eigenvalue weighted by molar-refractivity contribution is 6.32. The van der Waals surface area contributed by atoms with Crippen molar-refractivity contribution in [2.24, 2.45) is 0 Å². The van der Waals surface area contributed by atoms with Gasteiger partial charge in [-0.2, -0.15) is 0 Å². The molecule has 0 amide bonds. The first-order chi connectivity index (χ1) is 8.53. The van der Waals surface area contributed by atoms with Gasteiger partial charge in [-0.05, 0) is 18.9 Å². The lowest BCUT2D eigenvalue weighted by atomic mass is 9.78. The van der Waals surface area contributed by atoms with E-state index in [0.717, 1.165) is 12.8 Å². The van der Waals surface area contributed by atoms with E-state index >= 15 is 0 Å². The summed E-state index contributed by atoms with van der Waals surface area (Å²) in [6.45, 7) is 0. The Kier molecular flexibility index (Phi) is 3.39. The molecule has 0 heterocycles. The standard InChI is InChI=1S/C13H15ClO4/c1-18-11-8(4-5-9(14)10(11)15)13(12(16)17)6-2-3-7-13/h4-5,15H,2-3,6-7H2,1H3,(H,16,17). The van der Waals surface area contributed by atoms with Crippen molar-refractivity contribution < 1.29 is 19.7 Å². The van der Waals surface area contributed by atoms with Crippen molar-refractivity contribution >= 4 is 17.6 Å². The van der Waals surface area contributed by atoms with Crippen LogP contribution in [0.3, 0.4) is 0 Å². The van der Waals surface area contributed by atoms with Gasteiger partial charge in [-0.1, -0.05) is 30.5 Å². The van der Waals surface area contributed by atoms with Gasteiger partial charge in [0.1, 0.15) is 0 Å². The van der Waals surface area contributed by atoms with Crippen LogP contribution in [0.5, 0.6) is 11.5 Å². The van der Waals surface area contributed by atoms with Crippen LogP contribution in [0.1, 0.15) is 31.2 Å². The first-order valence-electron chi connectivity index (χ1n) is 5.82. The number of phenolic OH excluding ortho intramolecular Hbond substituents is 1. The summed E-state index contributed by atoms with van der Waals surface area (Å²) < 4.78 is 5.15. The van der Waals surface area contributed by atoms with Crippen LogP contribution in [0.25, 0.3) is 0 Å². The third-order valence-corrected chi connectivity index (χ3v) is 3.97. The number of halogens is 1. The molecule has 18 heavy (non-hydrogen) atoms. The number of carboxylic acids is 1. The lowest BCUT2D eigenvalue weighted by Crippen LogP contribution is -2.33. The molecular weight excluding hydrogens is 256 g/mol. The molecule has 1 saturated carbocycles. The van der Waals surface area contributed by atoms with E-state index in [4.69, 9.17) is 16.3 Å². The molecule has 98 valence electrons. The maximum atomic E-state index is 11.6. The molecule has 1 fully saturated rings. The molecular formula is C13H15ClO4. The molecule has 0 saturated heterocycles. The third-order valence-electron chi connectivity index (χ3n) is 3.67. The van der Waals surface area contributed by atoms with Crippen LogP contribution in [0.4, 0.5) is 0 Å². The fourth-order valence-corrected chi connectivity index (χ4v) is 2.86. The van der Waals surface area contributed by atoms with Gasteiger partial charge in [0.05, 0.1) is 17.5 Å². The molecule has 0 radical (unpaired) electrons. The molecule has 1 aliphatic rings. The summed E-state index contributed by atoms with van der Waals surface area (Å²) in [6, 6.07) is 3.15. The molecule has 0 spiro atoms. The Labute approximate surface area is 110 Å². The maximum Gasteiger partial charge on any atom is 0.314 e. The van der Waals surface area contributed by atoms with Crippen LogP contribution >= 0.6 is 11.6 Å². The second-order valence-electron chi connectivity index (χ2n) is 4.57. The van der Waals surface area contributed by atoms with Gasteiger partial charge in [0.15, 0.2) is 11.5 Å². The Balaban J connectivity index is 2.62. The number of phenols is 1. The Morgan fingerprint density at radius 2 is 2.00 bits per heavy atom. The van der Waals surface area contributed by atoms with Crippen LogP contribution in [-0.2, 0) is 10.2 Å². The van der Waals surface area contributed by atoms with Crippen molar-refractivity contribution in [3.8, 4) is 11.5 Å². The van der Waals surface area contributed by atoms with E-state index in [0.29, 0.717) is 18.4 Å². The second kappa shape index (κ2) is 4.69.